The molecular weight excluding hydrogens is 480 g/mol. The number of hydrazone groups is 1. The summed E-state index contributed by atoms with van der Waals surface area (Å²) < 4.78 is 39.1. The summed E-state index contributed by atoms with van der Waals surface area (Å²) in [6.45, 7) is 1.79. The highest BCUT2D eigenvalue weighted by molar-refractivity contribution is 6.31. The lowest BCUT2D eigenvalue weighted by atomic mass is 10.1. The quantitative estimate of drug-likeness (QED) is 0.130. The number of hydrogen-bond donors (Lipinski definition) is 4. The van der Waals surface area contributed by atoms with Crippen molar-refractivity contribution >= 4 is 40.0 Å². The fourth-order valence-electron chi connectivity index (χ4n) is 3.50. The van der Waals surface area contributed by atoms with Gasteiger partial charge in [-0.15, -0.1) is 0 Å². The number of halogens is 3. The number of hydrogen-bond acceptors (Lipinski definition) is 6. The number of nitrogens with two attached hydrogens (primary N) is 2. The second-order valence-corrected chi connectivity index (χ2v) is 7.91. The molecule has 0 aliphatic rings. The van der Waals surface area contributed by atoms with E-state index in [1.54, 1.807) is 37.3 Å². The van der Waals surface area contributed by atoms with Crippen molar-refractivity contribution < 1.29 is 22.7 Å². The van der Waals surface area contributed by atoms with Crippen molar-refractivity contribution in [2.75, 3.05) is 5.32 Å². The molecular formula is C24H20ClF2N5O3. The van der Waals surface area contributed by atoms with Crippen molar-refractivity contribution in [2.24, 2.45) is 16.8 Å². The van der Waals surface area contributed by atoms with Crippen LogP contribution >= 0.6 is 11.6 Å². The van der Waals surface area contributed by atoms with Gasteiger partial charge in [0.05, 0.1) is 16.1 Å². The Morgan fingerprint density at radius 3 is 2.51 bits per heavy atom. The zero-order chi connectivity index (χ0) is 25.1. The fourth-order valence-corrected chi connectivity index (χ4v) is 3.82. The van der Waals surface area contributed by atoms with E-state index in [4.69, 9.17) is 32.4 Å². The zero-order valence-electron chi connectivity index (χ0n) is 18.3. The van der Waals surface area contributed by atoms with Gasteiger partial charge < -0.3 is 25.7 Å². The molecule has 1 unspecified atom stereocenters. The van der Waals surface area contributed by atoms with E-state index in [0.29, 0.717) is 17.0 Å². The number of fused-ring (bicyclic) bond motifs is 1. The predicted octanol–water partition coefficient (Wildman–Crippen LogP) is 4.84. The summed E-state index contributed by atoms with van der Waals surface area (Å²) in [7, 11) is 0. The maximum atomic E-state index is 14.6. The number of benzene rings is 3. The SMILES string of the molecule is CC(Oc1ccc(NC(=O)c2coc3cc(/C(=N/N)NN)c(F)cc23)cc1)c1ccc(F)cc1Cl. The van der Waals surface area contributed by atoms with E-state index in [9.17, 15) is 13.6 Å². The number of nitrogens with zero attached hydrogens (tertiary/aromatic N) is 1. The first-order valence-corrected chi connectivity index (χ1v) is 10.7. The summed E-state index contributed by atoms with van der Waals surface area (Å²) in [5.74, 6) is 9.32. The van der Waals surface area contributed by atoms with E-state index in [-0.39, 0.29) is 33.0 Å². The van der Waals surface area contributed by atoms with E-state index in [2.05, 4.69) is 15.8 Å². The van der Waals surface area contributed by atoms with Crippen LogP contribution in [0.2, 0.25) is 5.02 Å². The minimum absolute atomic E-state index is 0.00412. The molecule has 3 aromatic carbocycles. The molecule has 4 aromatic rings. The smallest absolute Gasteiger partial charge is 0.259 e. The average Bonchev–Trinajstić information content (AvgIpc) is 3.24. The summed E-state index contributed by atoms with van der Waals surface area (Å²) in [6, 6.07) is 13.2. The van der Waals surface area contributed by atoms with Crippen LogP contribution in [-0.2, 0) is 0 Å². The lowest BCUT2D eigenvalue weighted by Gasteiger charge is -2.16. The topological polar surface area (TPSA) is 128 Å². The predicted molar refractivity (Wildman–Crippen MR) is 129 cm³/mol. The molecule has 180 valence electrons. The van der Waals surface area contributed by atoms with E-state index >= 15 is 0 Å². The molecule has 0 saturated carbocycles. The maximum absolute atomic E-state index is 14.6. The molecule has 1 heterocycles. The number of amidine groups is 1. The molecule has 0 radical (unpaired) electrons. The van der Waals surface area contributed by atoms with Gasteiger partial charge in [-0.1, -0.05) is 17.7 Å². The van der Waals surface area contributed by atoms with Gasteiger partial charge in [0, 0.05) is 16.6 Å². The molecule has 0 aliphatic heterocycles. The number of hydrazine groups is 1. The van der Waals surface area contributed by atoms with Crippen LogP contribution in [0.3, 0.4) is 0 Å². The number of anilines is 1. The molecule has 11 heteroatoms. The van der Waals surface area contributed by atoms with Gasteiger partial charge in [0.1, 0.15) is 35.3 Å². The first-order valence-electron chi connectivity index (χ1n) is 10.3. The number of ether oxygens (including phenoxy) is 1. The van der Waals surface area contributed by atoms with E-state index in [1.165, 1.54) is 24.5 Å². The van der Waals surface area contributed by atoms with Gasteiger partial charge in [0.25, 0.3) is 5.91 Å². The Morgan fingerprint density at radius 2 is 1.86 bits per heavy atom. The van der Waals surface area contributed by atoms with Crippen molar-refractivity contribution in [3.05, 3.63) is 94.2 Å². The highest BCUT2D eigenvalue weighted by Gasteiger charge is 2.19. The lowest BCUT2D eigenvalue weighted by molar-refractivity contribution is 0.102. The number of amides is 1. The third kappa shape index (κ3) is 5.03. The normalized spacial score (nSPS) is 12.4. The van der Waals surface area contributed by atoms with Gasteiger partial charge >= 0.3 is 0 Å². The standard InChI is InChI=1S/C24H20ClF2N5O3/c1-12(16-7-2-13(26)8-20(16)25)35-15-5-3-14(4-6-15)30-24(33)19-11-34-22-10-18(23(31-28)32-29)21(27)9-17(19)22/h2-12H,28-29H2,1H3,(H,30,33)(H,31,32). The molecule has 0 saturated heterocycles. The summed E-state index contributed by atoms with van der Waals surface area (Å²) in [4.78, 5) is 12.8. The largest absolute Gasteiger partial charge is 0.486 e. The summed E-state index contributed by atoms with van der Waals surface area (Å²) in [5.41, 5.74) is 3.70. The van der Waals surface area contributed by atoms with Gasteiger partial charge in [0.15, 0.2) is 5.84 Å². The van der Waals surface area contributed by atoms with Gasteiger partial charge in [0.2, 0.25) is 0 Å². The zero-order valence-corrected chi connectivity index (χ0v) is 19.1. The Labute approximate surface area is 203 Å². The van der Waals surface area contributed by atoms with Crippen LogP contribution < -0.4 is 27.2 Å². The lowest BCUT2D eigenvalue weighted by Crippen LogP contribution is -2.32. The first-order chi connectivity index (χ1) is 16.8. The third-order valence-electron chi connectivity index (χ3n) is 5.25. The van der Waals surface area contributed by atoms with E-state index < -0.39 is 23.6 Å². The molecule has 4 rings (SSSR count). The summed E-state index contributed by atoms with van der Waals surface area (Å²) in [5, 5.41) is 6.64. The monoisotopic (exact) mass is 499 g/mol. The Morgan fingerprint density at radius 1 is 1.11 bits per heavy atom. The maximum Gasteiger partial charge on any atom is 0.259 e. The van der Waals surface area contributed by atoms with Gasteiger partial charge in [-0.05, 0) is 55.5 Å². The highest BCUT2D eigenvalue weighted by Crippen LogP contribution is 2.29. The van der Waals surface area contributed by atoms with Crippen molar-refractivity contribution in [3.63, 3.8) is 0 Å². The Kier molecular flexibility index (Phi) is 6.85. The van der Waals surface area contributed by atoms with Gasteiger partial charge in [-0.2, -0.15) is 5.10 Å². The van der Waals surface area contributed by atoms with E-state index in [1.807, 2.05) is 0 Å². The minimum Gasteiger partial charge on any atom is -0.486 e. The van der Waals surface area contributed by atoms with Crippen LogP contribution in [0, 0.1) is 11.6 Å². The average molecular weight is 500 g/mol. The molecule has 0 fully saturated rings. The molecule has 6 N–H and O–H groups in total. The Balaban J connectivity index is 1.48. The van der Waals surface area contributed by atoms with Gasteiger partial charge in [-0.3, -0.25) is 4.79 Å². The summed E-state index contributed by atoms with van der Waals surface area (Å²) >= 11 is 6.09. The third-order valence-corrected chi connectivity index (χ3v) is 5.58. The first kappa shape index (κ1) is 24.0. The fraction of sp³-hybridized carbons (Fsp3) is 0.0833. The number of carbonyl (C=O) groups excluding carboxylic acids is 1. The van der Waals surface area contributed by atoms with Crippen molar-refractivity contribution in [1.82, 2.24) is 5.43 Å². The molecule has 0 spiro atoms. The highest BCUT2D eigenvalue weighted by atomic mass is 35.5. The Hall–Kier alpha value is -4.15. The van der Waals surface area contributed by atoms with Crippen molar-refractivity contribution in [1.29, 1.82) is 0 Å². The number of furan rings is 1. The van der Waals surface area contributed by atoms with Crippen LogP contribution in [-0.4, -0.2) is 11.7 Å². The van der Waals surface area contributed by atoms with Gasteiger partial charge in [-0.25, -0.2) is 14.6 Å². The Bertz CT molecular complexity index is 1420. The van der Waals surface area contributed by atoms with E-state index in [0.717, 1.165) is 6.07 Å². The molecule has 35 heavy (non-hydrogen) atoms. The number of nitrogens with one attached hydrogen (secondary N) is 2. The minimum atomic E-state index is -0.688. The molecule has 8 nitrogen and oxygen atoms in total. The molecule has 1 aromatic heterocycles. The molecule has 1 atom stereocenters. The van der Waals surface area contributed by atoms with Crippen molar-refractivity contribution in [2.45, 2.75) is 13.0 Å². The second kappa shape index (κ2) is 10.00. The summed E-state index contributed by atoms with van der Waals surface area (Å²) in [6.07, 6.45) is 0.796. The van der Waals surface area contributed by atoms with Crippen LogP contribution in [0.1, 0.15) is 34.5 Å². The number of rotatable bonds is 6. The van der Waals surface area contributed by atoms with Crippen molar-refractivity contribution in [3.8, 4) is 5.75 Å². The van der Waals surface area contributed by atoms with Crippen LogP contribution in [0.25, 0.3) is 11.0 Å². The van der Waals surface area contributed by atoms with Crippen LogP contribution in [0.5, 0.6) is 5.75 Å². The second-order valence-electron chi connectivity index (χ2n) is 7.50. The van der Waals surface area contributed by atoms with Crippen LogP contribution in [0.15, 0.2) is 70.4 Å². The van der Waals surface area contributed by atoms with Crippen LogP contribution in [0.4, 0.5) is 14.5 Å². The molecule has 0 bridgehead atoms. The molecule has 1 amide bonds. The molecule has 0 aliphatic carbocycles. The number of carbonyl (C=O) groups is 1.